The van der Waals surface area contributed by atoms with E-state index in [0.717, 1.165) is 5.57 Å². The molecule has 1 aliphatic carbocycles. The van der Waals surface area contributed by atoms with Crippen LogP contribution in [0.4, 0.5) is 0 Å². The maximum atomic E-state index is 13.1. The van der Waals surface area contributed by atoms with Gasteiger partial charge in [0.05, 0.1) is 31.7 Å². The Morgan fingerprint density at radius 3 is 2.21 bits per heavy atom. The molecule has 0 aromatic heterocycles. The van der Waals surface area contributed by atoms with E-state index in [-0.39, 0.29) is 61.3 Å². The van der Waals surface area contributed by atoms with Gasteiger partial charge in [0.25, 0.3) is 0 Å². The number of ketones is 2. The van der Waals surface area contributed by atoms with E-state index in [1.807, 2.05) is 33.8 Å². The number of nitrogens with zero attached hydrogens (tertiary/aromatic N) is 2. The predicted octanol–water partition coefficient (Wildman–Crippen LogP) is 3.12. The fourth-order valence-corrected chi connectivity index (χ4v) is 3.91. The van der Waals surface area contributed by atoms with Gasteiger partial charge in [0.1, 0.15) is 5.92 Å². The number of ether oxygens (including phenoxy) is 4. The van der Waals surface area contributed by atoms with Crippen LogP contribution in [-0.2, 0) is 23.9 Å². The lowest BCUT2D eigenvalue weighted by atomic mass is 9.84. The van der Waals surface area contributed by atoms with Gasteiger partial charge >= 0.3 is 11.9 Å². The Kier molecular flexibility index (Phi) is 10.3. The number of nitriles is 1. The van der Waals surface area contributed by atoms with Gasteiger partial charge in [-0.2, -0.15) is 5.26 Å². The molecule has 0 amide bonds. The Morgan fingerprint density at radius 1 is 1.00 bits per heavy atom. The van der Waals surface area contributed by atoms with Gasteiger partial charge in [-0.15, -0.1) is 0 Å². The Labute approximate surface area is 228 Å². The quantitative estimate of drug-likeness (QED) is 0.272. The molecule has 2 unspecified atom stereocenters. The topological polar surface area (TPSA) is 132 Å². The van der Waals surface area contributed by atoms with Crippen LogP contribution >= 0.6 is 0 Å². The van der Waals surface area contributed by atoms with Crippen LogP contribution in [-0.4, -0.2) is 67.9 Å². The van der Waals surface area contributed by atoms with Crippen LogP contribution in [0.3, 0.4) is 0 Å². The molecular formula is C29H34N2O8. The third kappa shape index (κ3) is 8.43. The van der Waals surface area contributed by atoms with E-state index in [4.69, 9.17) is 24.2 Å². The molecule has 2 atom stereocenters. The molecule has 10 heteroatoms. The molecule has 3 rings (SSSR count). The molecule has 1 aromatic rings. The summed E-state index contributed by atoms with van der Waals surface area (Å²) in [4.78, 5) is 51.4. The van der Waals surface area contributed by atoms with E-state index < -0.39 is 30.4 Å². The number of allylic oxidation sites excluding steroid dienone is 2. The van der Waals surface area contributed by atoms with Crippen LogP contribution in [0.25, 0.3) is 0 Å². The highest BCUT2D eigenvalue weighted by Crippen LogP contribution is 2.32. The number of esters is 2. The first-order chi connectivity index (χ1) is 18.6. The normalized spacial score (nSPS) is 17.9. The average Bonchev–Trinajstić information content (AvgIpc) is 3.32. The molecule has 0 N–H and O–H groups in total. The number of carbonyl (C=O) groups excluding carboxylic acids is 4. The van der Waals surface area contributed by atoms with Crippen molar-refractivity contribution in [3.05, 3.63) is 47.7 Å². The van der Waals surface area contributed by atoms with Crippen molar-refractivity contribution in [1.82, 2.24) is 4.90 Å². The van der Waals surface area contributed by atoms with Crippen LogP contribution < -0.4 is 9.47 Å². The van der Waals surface area contributed by atoms with E-state index in [9.17, 15) is 19.2 Å². The fraction of sp³-hybridized carbons (Fsp3) is 0.483. The van der Waals surface area contributed by atoms with E-state index in [2.05, 4.69) is 0 Å². The zero-order valence-corrected chi connectivity index (χ0v) is 22.7. The molecule has 208 valence electrons. The van der Waals surface area contributed by atoms with Crippen molar-refractivity contribution in [2.75, 3.05) is 39.5 Å². The molecule has 10 nitrogen and oxygen atoms in total. The molecule has 0 saturated heterocycles. The molecule has 39 heavy (non-hydrogen) atoms. The second kappa shape index (κ2) is 13.6. The number of carbonyl (C=O) groups is 4. The largest absolute Gasteiger partial charge is 0.478 e. The van der Waals surface area contributed by atoms with Crippen LogP contribution in [0.2, 0.25) is 0 Å². The molecule has 1 aliphatic heterocycles. The van der Waals surface area contributed by atoms with Gasteiger partial charge in [-0.1, -0.05) is 39.8 Å². The zero-order chi connectivity index (χ0) is 28.5. The van der Waals surface area contributed by atoms with Crippen molar-refractivity contribution < 1.29 is 38.1 Å². The smallest absolute Gasteiger partial charge is 0.344 e. The van der Waals surface area contributed by atoms with Gasteiger partial charge in [-0.05, 0) is 35.6 Å². The highest BCUT2D eigenvalue weighted by atomic mass is 16.6. The summed E-state index contributed by atoms with van der Waals surface area (Å²) in [7, 11) is 0. The SMILES string of the molecule is CC(C)COC(=O)COc1ccc(C(=O)CN2C=C3C=CC(C#N)C(=O)C3C2)cc1OCC(=O)OCC(C)C. The lowest BCUT2D eigenvalue weighted by Crippen LogP contribution is -2.31. The first-order valence-corrected chi connectivity index (χ1v) is 12.9. The molecule has 0 spiro atoms. The van der Waals surface area contributed by atoms with Crippen molar-refractivity contribution in [3.63, 3.8) is 0 Å². The van der Waals surface area contributed by atoms with Crippen LogP contribution in [0.15, 0.2) is 42.1 Å². The summed E-state index contributed by atoms with van der Waals surface area (Å²) < 4.78 is 21.5. The Balaban J connectivity index is 1.69. The van der Waals surface area contributed by atoms with E-state index in [0.29, 0.717) is 12.1 Å². The molecule has 0 radical (unpaired) electrons. The van der Waals surface area contributed by atoms with Gasteiger partial charge in [-0.3, -0.25) is 9.59 Å². The number of benzene rings is 1. The molecule has 1 aromatic carbocycles. The van der Waals surface area contributed by atoms with E-state index >= 15 is 0 Å². The zero-order valence-electron chi connectivity index (χ0n) is 22.7. The summed E-state index contributed by atoms with van der Waals surface area (Å²) in [5, 5.41) is 9.15. The summed E-state index contributed by atoms with van der Waals surface area (Å²) in [5.41, 5.74) is 1.07. The third-order valence-corrected chi connectivity index (χ3v) is 5.88. The minimum absolute atomic E-state index is 0.00403. The Bertz CT molecular complexity index is 1190. The minimum Gasteiger partial charge on any atom is -0.478 e. The first-order valence-electron chi connectivity index (χ1n) is 12.9. The standard InChI is InChI=1S/C29H34N2O8/c1-18(2)14-38-27(33)16-36-25-8-7-20(9-26(25)37-17-28(34)39-15-19(3)4)24(32)13-31-11-22-6-5-21(10-30)29(35)23(22)12-31/h5-9,11,18-19,21,23H,12-17H2,1-4H3. The predicted molar refractivity (Wildman–Crippen MR) is 140 cm³/mol. The number of Topliss-reactive ketones (excluding diaryl/α,β-unsaturated/α-hetero) is 2. The van der Waals surface area contributed by atoms with Crippen molar-refractivity contribution in [2.45, 2.75) is 27.7 Å². The van der Waals surface area contributed by atoms with Crippen molar-refractivity contribution in [2.24, 2.45) is 23.7 Å². The first kappa shape index (κ1) is 29.4. The van der Waals surface area contributed by atoms with Gasteiger partial charge in [0.15, 0.2) is 36.3 Å². The van der Waals surface area contributed by atoms with Crippen molar-refractivity contribution in [1.29, 1.82) is 5.26 Å². The molecular weight excluding hydrogens is 504 g/mol. The summed E-state index contributed by atoms with van der Waals surface area (Å²) in [6, 6.07) is 6.45. The molecule has 1 heterocycles. The molecule has 0 saturated carbocycles. The average molecular weight is 539 g/mol. The van der Waals surface area contributed by atoms with Crippen LogP contribution in [0, 0.1) is 35.0 Å². The second-order valence-electron chi connectivity index (χ2n) is 10.3. The van der Waals surface area contributed by atoms with Gasteiger partial charge < -0.3 is 23.8 Å². The van der Waals surface area contributed by atoms with Crippen molar-refractivity contribution in [3.8, 4) is 17.6 Å². The molecule has 0 fully saturated rings. The molecule has 0 bridgehead atoms. The summed E-state index contributed by atoms with van der Waals surface area (Å²) in [5.74, 6) is -2.18. The van der Waals surface area contributed by atoms with E-state index in [1.165, 1.54) is 18.2 Å². The van der Waals surface area contributed by atoms with Crippen LogP contribution in [0.1, 0.15) is 38.1 Å². The Morgan fingerprint density at radius 2 is 1.62 bits per heavy atom. The van der Waals surface area contributed by atoms with Crippen molar-refractivity contribution >= 4 is 23.5 Å². The lowest BCUT2D eigenvalue weighted by molar-refractivity contribution is -0.148. The van der Waals surface area contributed by atoms with Crippen LogP contribution in [0.5, 0.6) is 11.5 Å². The highest BCUT2D eigenvalue weighted by Gasteiger charge is 2.36. The lowest BCUT2D eigenvalue weighted by Gasteiger charge is -2.20. The molecule has 2 aliphatic rings. The minimum atomic E-state index is -0.773. The number of hydrogen-bond donors (Lipinski definition) is 0. The number of fused-ring (bicyclic) bond motifs is 1. The summed E-state index contributed by atoms with van der Waals surface area (Å²) in [6.07, 6.45) is 5.09. The summed E-state index contributed by atoms with van der Waals surface area (Å²) in [6.45, 7) is 7.67. The maximum absolute atomic E-state index is 13.1. The monoisotopic (exact) mass is 538 g/mol. The van der Waals surface area contributed by atoms with Gasteiger partial charge in [-0.25, -0.2) is 9.59 Å². The van der Waals surface area contributed by atoms with Gasteiger partial charge in [0, 0.05) is 18.3 Å². The summed E-state index contributed by atoms with van der Waals surface area (Å²) >= 11 is 0. The van der Waals surface area contributed by atoms with Gasteiger partial charge in [0.2, 0.25) is 0 Å². The Hall–Kier alpha value is -4.13. The maximum Gasteiger partial charge on any atom is 0.344 e. The third-order valence-electron chi connectivity index (χ3n) is 5.88. The highest BCUT2D eigenvalue weighted by molar-refractivity contribution is 5.98. The van der Waals surface area contributed by atoms with E-state index in [1.54, 1.807) is 23.3 Å². The fourth-order valence-electron chi connectivity index (χ4n) is 3.91. The second-order valence-corrected chi connectivity index (χ2v) is 10.3. The number of hydrogen-bond acceptors (Lipinski definition) is 10. The number of rotatable bonds is 13.